The van der Waals surface area contributed by atoms with Gasteiger partial charge < -0.3 is 10.6 Å². The Kier molecular flexibility index (Phi) is 6.84. The summed E-state index contributed by atoms with van der Waals surface area (Å²) in [5, 5.41) is 6.50. The van der Waals surface area contributed by atoms with Gasteiger partial charge in [-0.3, -0.25) is 4.79 Å². The summed E-state index contributed by atoms with van der Waals surface area (Å²) in [4.78, 5) is 12.1. The first-order chi connectivity index (χ1) is 11.6. The molecule has 0 spiro atoms. The molecule has 2 N–H and O–H groups in total. The van der Waals surface area contributed by atoms with Crippen LogP contribution in [0, 0.1) is 0 Å². The van der Waals surface area contributed by atoms with Gasteiger partial charge in [-0.2, -0.15) is 0 Å². The van der Waals surface area contributed by atoms with Crippen molar-refractivity contribution in [1.29, 1.82) is 0 Å². The maximum Gasteiger partial charge on any atom is 0.182 e. The Morgan fingerprint density at radius 1 is 0.750 bits per heavy atom. The topological polar surface area (TPSA) is 41.1 Å². The van der Waals surface area contributed by atoms with Gasteiger partial charge in [0.15, 0.2) is 5.78 Å². The Bertz CT molecular complexity index is 642. The molecule has 2 aromatic rings. The molecular weight excluding hydrogens is 296 g/mol. The lowest BCUT2D eigenvalue weighted by Crippen LogP contribution is -2.13. The highest BCUT2D eigenvalue weighted by Crippen LogP contribution is 2.01. The van der Waals surface area contributed by atoms with Crippen molar-refractivity contribution in [3.63, 3.8) is 0 Å². The summed E-state index contributed by atoms with van der Waals surface area (Å²) in [5.41, 5.74) is 4.09. The predicted molar refractivity (Wildman–Crippen MR) is 99.1 cm³/mol. The van der Waals surface area contributed by atoms with Crippen LogP contribution in [0.3, 0.4) is 0 Å². The summed E-state index contributed by atoms with van der Waals surface area (Å²) in [6.07, 6.45) is 3.24. The lowest BCUT2D eigenvalue weighted by atomic mass is 10.2. The molecule has 0 fully saturated rings. The maximum atomic E-state index is 12.1. The van der Waals surface area contributed by atoms with Crippen LogP contribution in [0.4, 0.5) is 0 Å². The lowest BCUT2D eigenvalue weighted by molar-refractivity contribution is -0.110. The number of carbonyl (C=O) groups is 1. The molecule has 0 aromatic heterocycles. The average Bonchev–Trinajstić information content (AvgIpc) is 2.60. The number of carbonyl (C=O) groups excluding carboxylic acids is 1. The zero-order chi connectivity index (χ0) is 17.2. The number of rotatable bonds is 8. The normalized spacial score (nSPS) is 11.9. The number of ketones is 1. The fourth-order valence-electron chi connectivity index (χ4n) is 2.25. The van der Waals surface area contributed by atoms with Crippen LogP contribution in [0.2, 0.25) is 0 Å². The van der Waals surface area contributed by atoms with Crippen molar-refractivity contribution in [3.8, 4) is 0 Å². The minimum Gasteiger partial charge on any atom is -0.384 e. The van der Waals surface area contributed by atoms with E-state index >= 15 is 0 Å². The van der Waals surface area contributed by atoms with E-state index in [1.807, 2.05) is 50.2 Å². The molecule has 3 nitrogen and oxygen atoms in total. The molecule has 0 bridgehead atoms. The van der Waals surface area contributed by atoms with Gasteiger partial charge in [0.05, 0.1) is 0 Å². The summed E-state index contributed by atoms with van der Waals surface area (Å²) in [7, 11) is 0. The van der Waals surface area contributed by atoms with Gasteiger partial charge in [0.25, 0.3) is 0 Å². The average molecular weight is 320 g/mol. The van der Waals surface area contributed by atoms with Gasteiger partial charge in [-0.05, 0) is 25.0 Å². The van der Waals surface area contributed by atoms with Gasteiger partial charge in [-0.25, -0.2) is 0 Å². The first-order valence-electron chi connectivity index (χ1n) is 8.09. The van der Waals surface area contributed by atoms with Crippen LogP contribution in [0.15, 0.2) is 84.2 Å². The van der Waals surface area contributed by atoms with Crippen molar-refractivity contribution in [1.82, 2.24) is 10.6 Å². The van der Waals surface area contributed by atoms with Gasteiger partial charge in [0.1, 0.15) is 0 Å². The molecule has 0 aliphatic heterocycles. The number of hydrogen-bond acceptors (Lipinski definition) is 3. The number of allylic oxidation sites excluding steroid dienone is 4. The summed E-state index contributed by atoms with van der Waals surface area (Å²) in [5.74, 6) is -0.0221. The Hall–Kier alpha value is -2.81. The van der Waals surface area contributed by atoms with Crippen LogP contribution in [0.5, 0.6) is 0 Å². The van der Waals surface area contributed by atoms with Crippen molar-refractivity contribution >= 4 is 5.78 Å². The molecule has 2 rings (SSSR count). The quantitative estimate of drug-likeness (QED) is 0.724. The monoisotopic (exact) mass is 320 g/mol. The largest absolute Gasteiger partial charge is 0.384 e. The Balaban J connectivity index is 1.81. The summed E-state index contributed by atoms with van der Waals surface area (Å²) >= 11 is 0. The van der Waals surface area contributed by atoms with E-state index in [1.165, 1.54) is 11.1 Å². The molecule has 0 aliphatic carbocycles. The fraction of sp³-hybridized carbons (Fsp3) is 0.190. The first kappa shape index (κ1) is 17.5. The molecule has 0 unspecified atom stereocenters. The van der Waals surface area contributed by atoms with E-state index in [4.69, 9.17) is 0 Å². The van der Waals surface area contributed by atoms with E-state index in [0.29, 0.717) is 13.1 Å². The highest BCUT2D eigenvalue weighted by Gasteiger charge is 1.98. The third-order valence-corrected chi connectivity index (χ3v) is 3.55. The van der Waals surface area contributed by atoms with Crippen molar-refractivity contribution < 1.29 is 4.79 Å². The lowest BCUT2D eigenvalue weighted by Gasteiger charge is -2.07. The van der Waals surface area contributed by atoms with E-state index < -0.39 is 0 Å². The van der Waals surface area contributed by atoms with E-state index in [0.717, 1.165) is 11.4 Å². The molecule has 0 amide bonds. The molecule has 0 saturated heterocycles. The van der Waals surface area contributed by atoms with Crippen LogP contribution in [0.1, 0.15) is 25.0 Å². The second kappa shape index (κ2) is 9.36. The van der Waals surface area contributed by atoms with Gasteiger partial charge in [0, 0.05) is 36.6 Å². The smallest absolute Gasteiger partial charge is 0.182 e. The molecule has 0 heterocycles. The molecule has 2 aromatic carbocycles. The SMILES string of the molecule is C/C(=C/C(=O)/C=C(\C)NCc1ccccc1)NCc1ccccc1. The summed E-state index contributed by atoms with van der Waals surface area (Å²) in [6, 6.07) is 20.2. The highest BCUT2D eigenvalue weighted by molar-refractivity contribution is 5.99. The molecule has 0 atom stereocenters. The highest BCUT2D eigenvalue weighted by atomic mass is 16.1. The van der Waals surface area contributed by atoms with Crippen molar-refractivity contribution in [2.75, 3.05) is 0 Å². The number of hydrogen-bond donors (Lipinski definition) is 2. The molecule has 0 saturated carbocycles. The van der Waals surface area contributed by atoms with Crippen molar-refractivity contribution in [2.45, 2.75) is 26.9 Å². The van der Waals surface area contributed by atoms with E-state index in [1.54, 1.807) is 12.2 Å². The second-order valence-corrected chi connectivity index (χ2v) is 5.74. The maximum absolute atomic E-state index is 12.1. The van der Waals surface area contributed by atoms with Gasteiger partial charge in [0.2, 0.25) is 0 Å². The predicted octanol–water partition coefficient (Wildman–Crippen LogP) is 3.94. The third-order valence-electron chi connectivity index (χ3n) is 3.55. The summed E-state index contributed by atoms with van der Waals surface area (Å²) in [6.45, 7) is 5.24. The molecule has 0 radical (unpaired) electrons. The van der Waals surface area contributed by atoms with Crippen LogP contribution in [-0.4, -0.2) is 5.78 Å². The van der Waals surface area contributed by atoms with E-state index in [9.17, 15) is 4.79 Å². The van der Waals surface area contributed by atoms with Crippen molar-refractivity contribution in [2.24, 2.45) is 0 Å². The Morgan fingerprint density at radius 3 is 1.50 bits per heavy atom. The van der Waals surface area contributed by atoms with Crippen LogP contribution in [-0.2, 0) is 17.9 Å². The number of benzene rings is 2. The molecule has 3 heteroatoms. The van der Waals surface area contributed by atoms with Crippen LogP contribution < -0.4 is 10.6 Å². The Morgan fingerprint density at radius 2 is 1.12 bits per heavy atom. The van der Waals surface area contributed by atoms with E-state index in [2.05, 4.69) is 34.9 Å². The fourth-order valence-corrected chi connectivity index (χ4v) is 2.25. The molecule has 124 valence electrons. The van der Waals surface area contributed by atoms with Gasteiger partial charge in [-0.15, -0.1) is 0 Å². The van der Waals surface area contributed by atoms with Gasteiger partial charge >= 0.3 is 0 Å². The van der Waals surface area contributed by atoms with E-state index in [-0.39, 0.29) is 5.78 Å². The van der Waals surface area contributed by atoms with Gasteiger partial charge in [-0.1, -0.05) is 60.7 Å². The van der Waals surface area contributed by atoms with Crippen LogP contribution >= 0.6 is 0 Å². The minimum atomic E-state index is -0.0221. The second-order valence-electron chi connectivity index (χ2n) is 5.74. The zero-order valence-corrected chi connectivity index (χ0v) is 14.3. The Labute approximate surface area is 144 Å². The molecule has 24 heavy (non-hydrogen) atoms. The summed E-state index contributed by atoms with van der Waals surface area (Å²) < 4.78 is 0. The molecular formula is C21H24N2O. The molecule has 0 aliphatic rings. The zero-order valence-electron chi connectivity index (χ0n) is 14.3. The van der Waals surface area contributed by atoms with Crippen molar-refractivity contribution in [3.05, 3.63) is 95.3 Å². The first-order valence-corrected chi connectivity index (χ1v) is 8.09. The number of nitrogens with one attached hydrogen (secondary N) is 2. The standard InChI is InChI=1S/C21H24N2O/c1-17(22-15-19-9-5-3-6-10-19)13-21(24)14-18(2)23-16-20-11-7-4-8-12-20/h3-14,22-23H,15-16H2,1-2H3/b17-13-,18-14+. The minimum absolute atomic E-state index is 0.0221. The third kappa shape index (κ3) is 6.53. The van der Waals surface area contributed by atoms with Crippen LogP contribution in [0.25, 0.3) is 0 Å².